The standard InChI is InChI=1S/C5H14NO.CH3BF3/c1-6(2,3)5-7-4;1-2(3,4)5/h5H2,1-4H3;1H3/q+1;-1. The normalized spacial score (nSPS) is 12.0. The van der Waals surface area contributed by atoms with Gasteiger partial charge in [0.15, 0.2) is 6.73 Å². The second kappa shape index (κ2) is 5.43. The fourth-order valence-corrected chi connectivity index (χ4v) is 0.387. The van der Waals surface area contributed by atoms with E-state index in [0.717, 1.165) is 11.2 Å². The average molecular weight is 187 g/mol. The Morgan fingerprint density at radius 3 is 1.42 bits per heavy atom. The van der Waals surface area contributed by atoms with E-state index < -0.39 is 6.98 Å². The number of ether oxygens (including phenoxy) is 1. The maximum atomic E-state index is 10.4. The van der Waals surface area contributed by atoms with Gasteiger partial charge >= 0.3 is 6.98 Å². The quantitative estimate of drug-likeness (QED) is 0.363. The van der Waals surface area contributed by atoms with Crippen LogP contribution in [0.3, 0.4) is 0 Å². The average Bonchev–Trinajstić information content (AvgIpc) is 1.54. The van der Waals surface area contributed by atoms with Crippen LogP contribution in [0, 0.1) is 0 Å². The molecule has 2 nitrogen and oxygen atoms in total. The van der Waals surface area contributed by atoms with Gasteiger partial charge in [-0.1, -0.05) is 6.82 Å². The van der Waals surface area contributed by atoms with Gasteiger partial charge in [0.2, 0.25) is 0 Å². The Hall–Kier alpha value is -0.225. The minimum absolute atomic E-state index is 0.250. The zero-order valence-electron chi connectivity index (χ0n) is 8.27. The Bertz CT molecular complexity index is 104. The van der Waals surface area contributed by atoms with Gasteiger partial charge in [0.05, 0.1) is 21.1 Å². The first-order valence-corrected chi connectivity index (χ1v) is 3.59. The summed E-state index contributed by atoms with van der Waals surface area (Å²) in [6, 6.07) is 0. The van der Waals surface area contributed by atoms with Crippen LogP contribution in [0.1, 0.15) is 0 Å². The molecule has 0 atom stereocenters. The number of halogens is 3. The minimum Gasteiger partial charge on any atom is -0.449 e. The summed E-state index contributed by atoms with van der Waals surface area (Å²) in [5.41, 5.74) is 0. The van der Waals surface area contributed by atoms with Crippen molar-refractivity contribution in [2.75, 3.05) is 35.0 Å². The molecule has 0 aromatic carbocycles. The van der Waals surface area contributed by atoms with Gasteiger partial charge in [-0.15, -0.1) is 0 Å². The van der Waals surface area contributed by atoms with Gasteiger partial charge < -0.3 is 22.2 Å². The number of rotatable bonds is 2. The van der Waals surface area contributed by atoms with Gasteiger partial charge in [-0.3, -0.25) is 0 Å². The van der Waals surface area contributed by atoms with Crippen LogP contribution in [0.15, 0.2) is 0 Å². The van der Waals surface area contributed by atoms with E-state index in [0.29, 0.717) is 0 Å². The molecule has 0 heterocycles. The molecule has 0 saturated heterocycles. The summed E-state index contributed by atoms with van der Waals surface area (Å²) >= 11 is 0. The number of methoxy groups -OCH3 is 1. The van der Waals surface area contributed by atoms with Crippen LogP contribution in [0.5, 0.6) is 0 Å². The number of nitrogens with zero attached hydrogens (tertiary/aromatic N) is 1. The minimum atomic E-state index is -4.50. The summed E-state index contributed by atoms with van der Waals surface area (Å²) in [7, 11) is 7.97. The van der Waals surface area contributed by atoms with Gasteiger partial charge in [-0.05, 0) is 0 Å². The van der Waals surface area contributed by atoms with Crippen molar-refractivity contribution in [1.29, 1.82) is 0 Å². The first kappa shape index (κ1) is 14.3. The molecule has 0 N–H and O–H groups in total. The van der Waals surface area contributed by atoms with E-state index in [9.17, 15) is 12.9 Å². The van der Waals surface area contributed by atoms with Crippen LogP contribution in [-0.2, 0) is 4.74 Å². The SMILES string of the molecule is COC[N+](C)(C)C.C[B-](F)(F)F. The van der Waals surface area contributed by atoms with E-state index in [2.05, 4.69) is 21.1 Å². The van der Waals surface area contributed by atoms with Gasteiger partial charge in [0.1, 0.15) is 0 Å². The van der Waals surface area contributed by atoms with Crippen LogP contribution in [-0.4, -0.2) is 46.4 Å². The molecule has 12 heavy (non-hydrogen) atoms. The van der Waals surface area contributed by atoms with Crippen molar-refractivity contribution in [2.24, 2.45) is 0 Å². The van der Waals surface area contributed by atoms with Crippen molar-refractivity contribution in [2.45, 2.75) is 6.82 Å². The molecule has 0 radical (unpaired) electrons. The molecule has 0 rings (SSSR count). The van der Waals surface area contributed by atoms with E-state index >= 15 is 0 Å². The fourth-order valence-electron chi connectivity index (χ4n) is 0.387. The molecule has 0 aliphatic carbocycles. The predicted octanol–water partition coefficient (Wildman–Crippen LogP) is 1.76. The third kappa shape index (κ3) is 52.8. The van der Waals surface area contributed by atoms with Crippen LogP contribution in [0.2, 0.25) is 6.82 Å². The van der Waals surface area contributed by atoms with Crippen molar-refractivity contribution < 1.29 is 22.2 Å². The smallest absolute Gasteiger partial charge is 0.449 e. The van der Waals surface area contributed by atoms with E-state index in [1.165, 1.54) is 0 Å². The Labute approximate surface area is 72.0 Å². The molecular formula is C6H17BF3NO. The van der Waals surface area contributed by atoms with Gasteiger partial charge in [0, 0.05) is 7.11 Å². The van der Waals surface area contributed by atoms with Crippen LogP contribution >= 0.6 is 0 Å². The largest absolute Gasteiger partial charge is 0.475 e. The summed E-state index contributed by atoms with van der Waals surface area (Å²) in [4.78, 5) is 0. The monoisotopic (exact) mass is 187 g/mol. The highest BCUT2D eigenvalue weighted by Crippen LogP contribution is 2.03. The van der Waals surface area contributed by atoms with Crippen LogP contribution in [0.4, 0.5) is 12.9 Å². The Morgan fingerprint density at radius 2 is 1.42 bits per heavy atom. The lowest BCUT2D eigenvalue weighted by Gasteiger charge is -2.21. The van der Waals surface area contributed by atoms with Crippen LogP contribution in [0.25, 0.3) is 0 Å². The summed E-state index contributed by atoms with van der Waals surface area (Å²) in [6.07, 6.45) is 0. The van der Waals surface area contributed by atoms with Gasteiger partial charge in [-0.2, -0.15) is 0 Å². The molecule has 0 aliphatic rings. The molecule has 0 aromatic rings. The lowest BCUT2D eigenvalue weighted by atomic mass is 9.99. The zero-order chi connectivity index (χ0) is 10.4. The highest BCUT2D eigenvalue weighted by atomic mass is 19.4. The lowest BCUT2D eigenvalue weighted by molar-refractivity contribution is -0.890. The maximum Gasteiger partial charge on any atom is 0.475 e. The van der Waals surface area contributed by atoms with Crippen molar-refractivity contribution in [3.05, 3.63) is 0 Å². The van der Waals surface area contributed by atoms with Crippen molar-refractivity contribution in [3.63, 3.8) is 0 Å². The summed E-state index contributed by atoms with van der Waals surface area (Å²) in [6.45, 7) is -3.47. The summed E-state index contributed by atoms with van der Waals surface area (Å²) < 4.78 is 37.0. The lowest BCUT2D eigenvalue weighted by Crippen LogP contribution is -2.35. The highest BCUT2D eigenvalue weighted by molar-refractivity contribution is 6.56. The Kier molecular flexibility index (Phi) is 6.47. The second-order valence-corrected chi connectivity index (χ2v) is 3.61. The molecule has 0 fully saturated rings. The van der Waals surface area contributed by atoms with E-state index in [4.69, 9.17) is 4.74 Å². The molecular weight excluding hydrogens is 170 g/mol. The second-order valence-electron chi connectivity index (χ2n) is 3.61. The molecule has 0 saturated carbocycles. The summed E-state index contributed by atoms with van der Waals surface area (Å²) in [5, 5.41) is 0. The van der Waals surface area contributed by atoms with Crippen LogP contribution < -0.4 is 0 Å². The molecule has 6 heteroatoms. The Balaban J connectivity index is 0. The Morgan fingerprint density at radius 1 is 1.17 bits per heavy atom. The molecule has 0 unspecified atom stereocenters. The molecule has 0 spiro atoms. The van der Waals surface area contributed by atoms with E-state index in [1.807, 2.05) is 0 Å². The highest BCUT2D eigenvalue weighted by Gasteiger charge is 2.11. The number of quaternary nitrogens is 1. The van der Waals surface area contributed by atoms with Gasteiger partial charge in [-0.25, -0.2) is 0 Å². The van der Waals surface area contributed by atoms with E-state index in [-0.39, 0.29) is 6.82 Å². The molecule has 76 valence electrons. The van der Waals surface area contributed by atoms with Crippen molar-refractivity contribution in [3.8, 4) is 0 Å². The van der Waals surface area contributed by atoms with E-state index in [1.54, 1.807) is 7.11 Å². The third-order valence-corrected chi connectivity index (χ3v) is 0.516. The first-order valence-electron chi connectivity index (χ1n) is 3.59. The zero-order valence-corrected chi connectivity index (χ0v) is 8.27. The number of hydrogen-bond donors (Lipinski definition) is 0. The fraction of sp³-hybridized carbons (Fsp3) is 1.00. The molecule has 0 aliphatic heterocycles. The molecule has 0 bridgehead atoms. The van der Waals surface area contributed by atoms with Gasteiger partial charge in [0.25, 0.3) is 0 Å². The first-order chi connectivity index (χ1) is 5.06. The molecule has 0 amide bonds. The molecule has 0 aromatic heterocycles. The van der Waals surface area contributed by atoms with Crippen molar-refractivity contribution in [1.82, 2.24) is 0 Å². The predicted molar refractivity (Wildman–Crippen MR) is 44.9 cm³/mol. The topological polar surface area (TPSA) is 9.23 Å². The third-order valence-electron chi connectivity index (χ3n) is 0.516. The maximum absolute atomic E-state index is 10.4. The van der Waals surface area contributed by atoms with Crippen molar-refractivity contribution >= 4 is 6.98 Å². The number of hydrogen-bond acceptors (Lipinski definition) is 1. The summed E-state index contributed by atoms with van der Waals surface area (Å²) in [5.74, 6) is 0.